The summed E-state index contributed by atoms with van der Waals surface area (Å²) in [5.41, 5.74) is 10.2. The number of benzene rings is 5. The van der Waals surface area contributed by atoms with E-state index in [0.29, 0.717) is 6.54 Å². The summed E-state index contributed by atoms with van der Waals surface area (Å²) in [6.07, 6.45) is 2.27. The summed E-state index contributed by atoms with van der Waals surface area (Å²) >= 11 is 0. The molecule has 0 unspecified atom stereocenters. The molecule has 0 amide bonds. The van der Waals surface area contributed by atoms with E-state index < -0.39 is 0 Å². The lowest BCUT2D eigenvalue weighted by molar-refractivity contribution is 0.724. The number of aromatic nitrogens is 2. The fourth-order valence-corrected chi connectivity index (χ4v) is 4.93. The molecule has 6 aromatic rings. The van der Waals surface area contributed by atoms with Crippen LogP contribution in [-0.2, 0) is 6.54 Å². The normalized spacial score (nSPS) is 11.4. The van der Waals surface area contributed by atoms with Gasteiger partial charge in [-0.25, -0.2) is 0 Å². The van der Waals surface area contributed by atoms with E-state index in [1.807, 2.05) is 0 Å². The predicted molar refractivity (Wildman–Crippen MR) is 159 cm³/mol. The standard InChI is InChI=1S/C36H28N2/c1-6-16-28(17-7-1)26-33(29-18-8-2-9-19-29)27-38-36(32-24-14-5-15-25-32)34(30-20-10-3-11-21-30)35(37-38)31-22-12-4-13-23-31/h1-26H,27H2/b33-26-. The van der Waals surface area contributed by atoms with Crippen molar-refractivity contribution < 1.29 is 0 Å². The van der Waals surface area contributed by atoms with Crippen LogP contribution in [0.1, 0.15) is 11.1 Å². The van der Waals surface area contributed by atoms with E-state index in [4.69, 9.17) is 5.10 Å². The molecule has 1 aromatic heterocycles. The zero-order valence-electron chi connectivity index (χ0n) is 21.1. The van der Waals surface area contributed by atoms with Crippen LogP contribution in [0.5, 0.6) is 0 Å². The molecule has 0 aliphatic heterocycles. The van der Waals surface area contributed by atoms with Crippen molar-refractivity contribution in [1.29, 1.82) is 0 Å². The second-order valence-electron chi connectivity index (χ2n) is 9.27. The highest BCUT2D eigenvalue weighted by Gasteiger charge is 2.22. The Balaban J connectivity index is 1.60. The first-order valence-corrected chi connectivity index (χ1v) is 12.9. The summed E-state index contributed by atoms with van der Waals surface area (Å²) in [5.74, 6) is 0. The predicted octanol–water partition coefficient (Wildman–Crippen LogP) is 9.12. The van der Waals surface area contributed by atoms with Crippen LogP contribution in [0, 0.1) is 0 Å². The van der Waals surface area contributed by atoms with Gasteiger partial charge in [0.1, 0.15) is 5.69 Å². The van der Waals surface area contributed by atoms with Crippen molar-refractivity contribution in [3.8, 4) is 33.6 Å². The molecule has 0 bridgehead atoms. The summed E-state index contributed by atoms with van der Waals surface area (Å²) in [6, 6.07) is 52.9. The van der Waals surface area contributed by atoms with E-state index in [9.17, 15) is 0 Å². The highest BCUT2D eigenvalue weighted by Crippen LogP contribution is 2.40. The Morgan fingerprint density at radius 2 is 1.00 bits per heavy atom. The SMILES string of the molecule is C(=C(\Cn1nc(-c2ccccc2)c(-c2ccccc2)c1-c1ccccc1)c1ccccc1)/c1ccccc1. The topological polar surface area (TPSA) is 17.8 Å². The molecule has 38 heavy (non-hydrogen) atoms. The molecule has 0 spiro atoms. The van der Waals surface area contributed by atoms with Crippen LogP contribution in [0.3, 0.4) is 0 Å². The van der Waals surface area contributed by atoms with Crippen molar-refractivity contribution in [2.24, 2.45) is 0 Å². The quantitative estimate of drug-likeness (QED) is 0.205. The molecule has 0 atom stereocenters. The van der Waals surface area contributed by atoms with E-state index in [1.54, 1.807) is 0 Å². The van der Waals surface area contributed by atoms with E-state index >= 15 is 0 Å². The molecule has 0 radical (unpaired) electrons. The molecule has 1 heterocycles. The lowest BCUT2D eigenvalue weighted by atomic mass is 9.95. The molecule has 0 aliphatic rings. The second-order valence-corrected chi connectivity index (χ2v) is 9.27. The molecular weight excluding hydrogens is 460 g/mol. The average molecular weight is 489 g/mol. The van der Waals surface area contributed by atoms with Crippen molar-refractivity contribution in [2.45, 2.75) is 6.54 Å². The van der Waals surface area contributed by atoms with Gasteiger partial charge in [-0.2, -0.15) is 5.10 Å². The Bertz CT molecular complexity index is 1630. The third kappa shape index (κ3) is 4.98. The van der Waals surface area contributed by atoms with Gasteiger partial charge in [0.2, 0.25) is 0 Å². The summed E-state index contributed by atoms with van der Waals surface area (Å²) in [4.78, 5) is 0. The monoisotopic (exact) mass is 488 g/mol. The van der Waals surface area contributed by atoms with Gasteiger partial charge in [-0.1, -0.05) is 152 Å². The van der Waals surface area contributed by atoms with Gasteiger partial charge in [-0.3, -0.25) is 4.68 Å². The largest absolute Gasteiger partial charge is 0.259 e. The molecule has 182 valence electrons. The van der Waals surface area contributed by atoms with Crippen molar-refractivity contribution in [2.75, 3.05) is 0 Å². The number of allylic oxidation sites excluding steroid dienone is 1. The highest BCUT2D eigenvalue weighted by atomic mass is 15.3. The molecule has 6 rings (SSSR count). The van der Waals surface area contributed by atoms with Gasteiger partial charge in [0.15, 0.2) is 0 Å². The molecule has 2 nitrogen and oxygen atoms in total. The average Bonchev–Trinajstić information content (AvgIpc) is 3.38. The third-order valence-corrected chi connectivity index (χ3v) is 6.71. The van der Waals surface area contributed by atoms with E-state index in [1.165, 1.54) is 16.7 Å². The van der Waals surface area contributed by atoms with Gasteiger partial charge in [-0.15, -0.1) is 0 Å². The molecular formula is C36H28N2. The number of hydrogen-bond donors (Lipinski definition) is 0. The first kappa shape index (κ1) is 23.4. The zero-order valence-corrected chi connectivity index (χ0v) is 21.1. The van der Waals surface area contributed by atoms with Gasteiger partial charge in [0.05, 0.1) is 12.2 Å². The molecule has 0 saturated heterocycles. The van der Waals surface area contributed by atoms with Crippen LogP contribution < -0.4 is 0 Å². The Morgan fingerprint density at radius 1 is 0.526 bits per heavy atom. The summed E-state index contributed by atoms with van der Waals surface area (Å²) < 4.78 is 2.18. The van der Waals surface area contributed by atoms with Crippen LogP contribution in [0.25, 0.3) is 45.3 Å². The summed E-state index contributed by atoms with van der Waals surface area (Å²) in [5, 5.41) is 5.32. The van der Waals surface area contributed by atoms with Crippen molar-refractivity contribution in [3.63, 3.8) is 0 Å². The first-order valence-electron chi connectivity index (χ1n) is 12.9. The minimum atomic E-state index is 0.635. The Morgan fingerprint density at radius 3 is 1.58 bits per heavy atom. The fourth-order valence-electron chi connectivity index (χ4n) is 4.93. The zero-order chi connectivity index (χ0) is 25.6. The minimum Gasteiger partial charge on any atom is -0.259 e. The van der Waals surface area contributed by atoms with Crippen LogP contribution >= 0.6 is 0 Å². The van der Waals surface area contributed by atoms with Crippen LogP contribution in [0.15, 0.2) is 152 Å². The highest BCUT2D eigenvalue weighted by molar-refractivity contribution is 5.92. The molecule has 0 saturated carbocycles. The van der Waals surface area contributed by atoms with Gasteiger partial charge in [0, 0.05) is 16.7 Å². The smallest absolute Gasteiger partial charge is 0.101 e. The number of nitrogens with zero attached hydrogens (tertiary/aromatic N) is 2. The van der Waals surface area contributed by atoms with Crippen LogP contribution in [-0.4, -0.2) is 9.78 Å². The van der Waals surface area contributed by atoms with Crippen molar-refractivity contribution in [1.82, 2.24) is 9.78 Å². The van der Waals surface area contributed by atoms with E-state index in [2.05, 4.69) is 162 Å². The molecule has 0 N–H and O–H groups in total. The van der Waals surface area contributed by atoms with Gasteiger partial charge >= 0.3 is 0 Å². The second kappa shape index (κ2) is 11.0. The summed E-state index contributed by atoms with van der Waals surface area (Å²) in [6.45, 7) is 0.635. The minimum absolute atomic E-state index is 0.635. The van der Waals surface area contributed by atoms with Crippen molar-refractivity contribution >= 4 is 11.6 Å². The molecule has 5 aromatic carbocycles. The number of hydrogen-bond acceptors (Lipinski definition) is 1. The lowest BCUT2D eigenvalue weighted by Crippen LogP contribution is -2.05. The lowest BCUT2D eigenvalue weighted by Gasteiger charge is -2.14. The van der Waals surface area contributed by atoms with Crippen LogP contribution in [0.4, 0.5) is 0 Å². The fraction of sp³-hybridized carbons (Fsp3) is 0.0278. The third-order valence-electron chi connectivity index (χ3n) is 6.71. The summed E-state index contributed by atoms with van der Waals surface area (Å²) in [7, 11) is 0. The van der Waals surface area contributed by atoms with Gasteiger partial charge in [-0.05, 0) is 28.3 Å². The molecule has 0 fully saturated rings. The maximum absolute atomic E-state index is 5.32. The maximum atomic E-state index is 5.32. The van der Waals surface area contributed by atoms with Gasteiger partial charge < -0.3 is 0 Å². The maximum Gasteiger partial charge on any atom is 0.101 e. The van der Waals surface area contributed by atoms with Crippen LogP contribution in [0.2, 0.25) is 0 Å². The Hall–Kier alpha value is -4.95. The first-order chi connectivity index (χ1) is 18.9. The number of rotatable bonds is 7. The molecule has 2 heteroatoms. The molecule has 0 aliphatic carbocycles. The van der Waals surface area contributed by atoms with Crippen molar-refractivity contribution in [3.05, 3.63) is 163 Å². The van der Waals surface area contributed by atoms with E-state index in [0.717, 1.165) is 33.6 Å². The van der Waals surface area contributed by atoms with E-state index in [-0.39, 0.29) is 0 Å². The Labute approximate surface area is 224 Å². The van der Waals surface area contributed by atoms with Gasteiger partial charge in [0.25, 0.3) is 0 Å². The Kier molecular flexibility index (Phi) is 6.78.